The molecule has 0 bridgehead atoms. The normalized spacial score (nSPS) is 18.8. The summed E-state index contributed by atoms with van der Waals surface area (Å²) in [6.45, 7) is 1.31. The lowest BCUT2D eigenvalue weighted by atomic mass is 10.0. The first-order valence-electron chi connectivity index (χ1n) is 6.87. The van der Waals surface area contributed by atoms with Crippen LogP contribution in [-0.2, 0) is 0 Å². The van der Waals surface area contributed by atoms with E-state index >= 15 is 0 Å². The summed E-state index contributed by atoms with van der Waals surface area (Å²) in [6, 6.07) is 4.10. The van der Waals surface area contributed by atoms with Crippen molar-refractivity contribution in [3.63, 3.8) is 0 Å². The van der Waals surface area contributed by atoms with Crippen LogP contribution in [0.1, 0.15) is 29.2 Å². The monoisotopic (exact) mass is 307 g/mol. The van der Waals surface area contributed by atoms with E-state index in [1.54, 1.807) is 17.4 Å². The van der Waals surface area contributed by atoms with Gasteiger partial charge in [0.2, 0.25) is 0 Å². The number of nitrogens with zero attached hydrogens (tertiary/aromatic N) is 3. The second-order valence-electron chi connectivity index (χ2n) is 5.18. The van der Waals surface area contributed by atoms with Gasteiger partial charge in [-0.1, -0.05) is 11.6 Å². The summed E-state index contributed by atoms with van der Waals surface area (Å²) in [5.74, 6) is -0.587. The minimum atomic E-state index is -0.438. The maximum Gasteiger partial charge on any atom is 0.255 e. The van der Waals surface area contributed by atoms with E-state index in [1.807, 2.05) is 10.8 Å². The zero-order chi connectivity index (χ0) is 14.8. The molecule has 0 aliphatic carbocycles. The van der Waals surface area contributed by atoms with Crippen molar-refractivity contribution >= 4 is 17.5 Å². The molecule has 1 amide bonds. The van der Waals surface area contributed by atoms with Crippen molar-refractivity contribution in [2.45, 2.75) is 18.9 Å². The predicted octanol–water partition coefficient (Wildman–Crippen LogP) is 3.15. The van der Waals surface area contributed by atoms with Crippen LogP contribution in [0.5, 0.6) is 0 Å². The number of imidazole rings is 1. The Hall–Kier alpha value is -1.88. The molecule has 0 spiro atoms. The molecule has 0 saturated carbocycles. The lowest BCUT2D eigenvalue weighted by molar-refractivity contribution is 0.0679. The van der Waals surface area contributed by atoms with Crippen molar-refractivity contribution in [1.29, 1.82) is 0 Å². The molecule has 1 fully saturated rings. The summed E-state index contributed by atoms with van der Waals surface area (Å²) >= 11 is 5.98. The summed E-state index contributed by atoms with van der Waals surface area (Å²) in [5, 5.41) is 0.157. The molecule has 2 aromatic rings. The first-order chi connectivity index (χ1) is 10.1. The van der Waals surface area contributed by atoms with Crippen molar-refractivity contribution in [2.75, 3.05) is 13.1 Å². The lowest BCUT2D eigenvalue weighted by Crippen LogP contribution is -2.40. The number of benzene rings is 1. The van der Waals surface area contributed by atoms with Crippen LogP contribution < -0.4 is 0 Å². The van der Waals surface area contributed by atoms with Gasteiger partial charge in [0.15, 0.2) is 0 Å². The van der Waals surface area contributed by atoms with E-state index in [4.69, 9.17) is 11.6 Å². The average molecular weight is 308 g/mol. The van der Waals surface area contributed by atoms with Crippen molar-refractivity contribution in [2.24, 2.45) is 0 Å². The van der Waals surface area contributed by atoms with E-state index in [-0.39, 0.29) is 17.0 Å². The quantitative estimate of drug-likeness (QED) is 0.855. The molecule has 1 aliphatic heterocycles. The topological polar surface area (TPSA) is 38.1 Å². The number of hydrogen-bond donors (Lipinski definition) is 0. The summed E-state index contributed by atoms with van der Waals surface area (Å²) in [5.41, 5.74) is 0.351. The van der Waals surface area contributed by atoms with Gasteiger partial charge in [0.25, 0.3) is 5.91 Å². The number of halogens is 2. The van der Waals surface area contributed by atoms with Gasteiger partial charge in [-0.25, -0.2) is 9.37 Å². The molecule has 1 saturated heterocycles. The summed E-state index contributed by atoms with van der Waals surface area (Å²) < 4.78 is 15.1. The first-order valence-corrected chi connectivity index (χ1v) is 7.24. The number of rotatable bonds is 2. The minimum Gasteiger partial charge on any atom is -0.337 e. The third-order valence-electron chi connectivity index (χ3n) is 3.79. The predicted molar refractivity (Wildman–Crippen MR) is 77.8 cm³/mol. The van der Waals surface area contributed by atoms with Crippen LogP contribution in [-0.4, -0.2) is 33.4 Å². The van der Waals surface area contributed by atoms with Gasteiger partial charge in [0, 0.05) is 25.5 Å². The number of hydrogen-bond acceptors (Lipinski definition) is 2. The van der Waals surface area contributed by atoms with E-state index in [9.17, 15) is 9.18 Å². The molecule has 2 heterocycles. The van der Waals surface area contributed by atoms with E-state index in [0.29, 0.717) is 18.7 Å². The van der Waals surface area contributed by atoms with E-state index in [2.05, 4.69) is 4.98 Å². The summed E-state index contributed by atoms with van der Waals surface area (Å²) in [6.07, 6.45) is 7.34. The fourth-order valence-electron chi connectivity index (χ4n) is 2.70. The lowest BCUT2D eigenvalue weighted by Gasteiger charge is -2.33. The highest BCUT2D eigenvalue weighted by Crippen LogP contribution is 2.25. The van der Waals surface area contributed by atoms with Gasteiger partial charge >= 0.3 is 0 Å². The number of likely N-dealkylation sites (tertiary alicyclic amines) is 1. The van der Waals surface area contributed by atoms with Gasteiger partial charge in [0.05, 0.1) is 23.0 Å². The van der Waals surface area contributed by atoms with Crippen molar-refractivity contribution in [1.82, 2.24) is 14.5 Å². The maximum atomic E-state index is 13.1. The molecular weight excluding hydrogens is 293 g/mol. The summed E-state index contributed by atoms with van der Waals surface area (Å²) in [4.78, 5) is 18.4. The molecule has 21 heavy (non-hydrogen) atoms. The van der Waals surface area contributed by atoms with Crippen LogP contribution in [0.25, 0.3) is 0 Å². The second-order valence-corrected chi connectivity index (χ2v) is 5.59. The number of carbonyl (C=O) groups is 1. The van der Waals surface area contributed by atoms with Crippen LogP contribution >= 0.6 is 11.6 Å². The second kappa shape index (κ2) is 5.85. The van der Waals surface area contributed by atoms with Crippen molar-refractivity contribution in [3.8, 4) is 0 Å². The van der Waals surface area contributed by atoms with E-state index in [0.717, 1.165) is 12.8 Å². The van der Waals surface area contributed by atoms with Crippen molar-refractivity contribution < 1.29 is 9.18 Å². The molecule has 1 aromatic heterocycles. The molecule has 3 rings (SSSR count). The Morgan fingerprint density at radius 2 is 2.29 bits per heavy atom. The highest BCUT2D eigenvalue weighted by atomic mass is 35.5. The molecular formula is C15H15ClFN3O. The van der Waals surface area contributed by atoms with Gasteiger partial charge in [-0.2, -0.15) is 0 Å². The maximum absolute atomic E-state index is 13.1. The Kier molecular flexibility index (Phi) is 3.92. The van der Waals surface area contributed by atoms with Crippen LogP contribution in [0.3, 0.4) is 0 Å². The zero-order valence-corrected chi connectivity index (χ0v) is 12.1. The number of amides is 1. The Morgan fingerprint density at radius 1 is 1.43 bits per heavy atom. The zero-order valence-electron chi connectivity index (χ0n) is 11.4. The Labute approximate surface area is 127 Å². The summed E-state index contributed by atoms with van der Waals surface area (Å²) in [7, 11) is 0. The molecule has 1 aromatic carbocycles. The number of piperidine rings is 1. The highest BCUT2D eigenvalue weighted by molar-refractivity contribution is 6.33. The molecule has 6 heteroatoms. The van der Waals surface area contributed by atoms with Gasteiger partial charge in [-0.3, -0.25) is 4.79 Å². The smallest absolute Gasteiger partial charge is 0.255 e. The molecule has 110 valence electrons. The SMILES string of the molecule is O=C(c1ccc(F)cc1Cl)N1CCC[C@@H](n2ccnc2)C1. The highest BCUT2D eigenvalue weighted by Gasteiger charge is 2.26. The Balaban J connectivity index is 1.78. The van der Waals surface area contributed by atoms with Crippen LogP contribution in [0, 0.1) is 5.82 Å². The van der Waals surface area contributed by atoms with Gasteiger partial charge in [-0.05, 0) is 31.0 Å². The Morgan fingerprint density at radius 3 is 3.00 bits per heavy atom. The largest absolute Gasteiger partial charge is 0.337 e. The van der Waals surface area contributed by atoms with Crippen LogP contribution in [0.2, 0.25) is 5.02 Å². The third kappa shape index (κ3) is 2.93. The molecule has 1 aliphatic rings. The number of carbonyl (C=O) groups excluding carboxylic acids is 1. The van der Waals surface area contributed by atoms with E-state index < -0.39 is 5.82 Å². The fourth-order valence-corrected chi connectivity index (χ4v) is 2.95. The average Bonchev–Trinajstić information content (AvgIpc) is 3.01. The Bertz CT molecular complexity index is 644. The standard InChI is InChI=1S/C15H15ClFN3O/c16-14-8-11(17)3-4-13(14)15(21)19-6-1-2-12(9-19)20-7-5-18-10-20/h3-5,7-8,10,12H,1-2,6,9H2/t12-/m1/s1. The molecule has 0 unspecified atom stereocenters. The minimum absolute atomic E-state index is 0.148. The molecule has 1 atom stereocenters. The van der Waals surface area contributed by atoms with Gasteiger partial charge < -0.3 is 9.47 Å². The third-order valence-corrected chi connectivity index (χ3v) is 4.10. The van der Waals surface area contributed by atoms with E-state index in [1.165, 1.54) is 18.2 Å². The van der Waals surface area contributed by atoms with Gasteiger partial charge in [-0.15, -0.1) is 0 Å². The molecule has 0 N–H and O–H groups in total. The first kappa shape index (κ1) is 14.1. The van der Waals surface area contributed by atoms with Crippen molar-refractivity contribution in [3.05, 3.63) is 53.3 Å². The van der Waals surface area contributed by atoms with Crippen LogP contribution in [0.4, 0.5) is 4.39 Å². The molecule has 0 radical (unpaired) electrons. The number of aromatic nitrogens is 2. The van der Waals surface area contributed by atoms with Gasteiger partial charge in [0.1, 0.15) is 5.82 Å². The van der Waals surface area contributed by atoms with Crippen LogP contribution in [0.15, 0.2) is 36.9 Å². The molecule has 4 nitrogen and oxygen atoms in total. The fraction of sp³-hybridized carbons (Fsp3) is 0.333.